The van der Waals surface area contributed by atoms with Crippen LogP contribution in [0.2, 0.25) is 0 Å². The maximum absolute atomic E-state index is 11.6. The van der Waals surface area contributed by atoms with Crippen LogP contribution >= 0.6 is 0 Å². The summed E-state index contributed by atoms with van der Waals surface area (Å²) in [6.45, 7) is 8.34. The zero-order valence-electron chi connectivity index (χ0n) is 25.5. The molecule has 0 aliphatic carbocycles. The number of benzene rings is 1. The molecule has 0 unspecified atom stereocenters. The van der Waals surface area contributed by atoms with Gasteiger partial charge in [-0.2, -0.15) is 0 Å². The average Bonchev–Trinajstić information content (AvgIpc) is 2.94. The highest BCUT2D eigenvalue weighted by molar-refractivity contribution is 5.70. The molecule has 0 amide bonds. The number of carboxylic acids is 4. The number of H-pyrrole nitrogens is 2. The molecule has 0 spiro atoms. The van der Waals surface area contributed by atoms with Crippen molar-refractivity contribution in [1.29, 1.82) is 0 Å². The lowest BCUT2D eigenvalue weighted by Crippen LogP contribution is -2.46. The molecule has 2 aromatic heterocycles. The first-order valence-electron chi connectivity index (χ1n) is 14.4. The molecule has 0 saturated carbocycles. The molecule has 16 nitrogen and oxygen atoms in total. The fourth-order valence-electron chi connectivity index (χ4n) is 4.85. The van der Waals surface area contributed by atoms with Crippen LogP contribution in [0.4, 0.5) is 0 Å². The molecule has 0 saturated heterocycles. The van der Waals surface area contributed by atoms with Crippen LogP contribution in [0.3, 0.4) is 0 Å². The number of hydrogen-bond acceptors (Lipinski definition) is 8. The van der Waals surface area contributed by atoms with E-state index in [9.17, 15) is 34.5 Å². The van der Waals surface area contributed by atoms with Crippen molar-refractivity contribution in [1.82, 2.24) is 34.2 Å². The second-order valence-electron chi connectivity index (χ2n) is 11.1. The number of aliphatic carboxylic acids is 4. The van der Waals surface area contributed by atoms with Gasteiger partial charge in [0.1, 0.15) is 24.0 Å². The molecule has 0 fully saturated rings. The monoisotopic (exact) mass is 630 g/mol. The van der Waals surface area contributed by atoms with Crippen LogP contribution in [-0.4, -0.2) is 119 Å². The topological polar surface area (TPSA) is 235 Å². The Morgan fingerprint density at radius 1 is 0.822 bits per heavy atom. The lowest BCUT2D eigenvalue weighted by Gasteiger charge is -2.26. The Morgan fingerprint density at radius 2 is 1.38 bits per heavy atom. The minimum atomic E-state index is -1.17. The first-order chi connectivity index (χ1) is 21.2. The molecule has 0 aliphatic rings. The molecule has 1 aromatic carbocycles. The van der Waals surface area contributed by atoms with Crippen LogP contribution in [0.25, 0.3) is 12.3 Å². The van der Waals surface area contributed by atoms with Gasteiger partial charge >= 0.3 is 23.9 Å². The molecule has 0 bridgehead atoms. The Kier molecular flexibility index (Phi) is 12.2. The van der Waals surface area contributed by atoms with Crippen LogP contribution < -0.4 is 22.0 Å². The van der Waals surface area contributed by atoms with E-state index in [1.54, 1.807) is 4.90 Å². The highest BCUT2D eigenvalue weighted by atomic mass is 16.4. The molecule has 0 atom stereocenters. The highest BCUT2D eigenvalue weighted by Crippen LogP contribution is 2.14. The second-order valence-corrected chi connectivity index (χ2v) is 11.1. The largest absolute Gasteiger partial charge is 0.480 e. The third-order valence-corrected chi connectivity index (χ3v) is 7.17. The van der Waals surface area contributed by atoms with Gasteiger partial charge in [-0.05, 0) is 17.0 Å². The first-order valence-corrected chi connectivity index (χ1v) is 14.4. The Balaban J connectivity index is 1.72. The summed E-state index contributed by atoms with van der Waals surface area (Å²) in [7, 11) is 0. The number of nitrogens with two attached hydrogens (primary N) is 1. The van der Waals surface area contributed by atoms with Gasteiger partial charge in [0.05, 0.1) is 18.8 Å². The van der Waals surface area contributed by atoms with E-state index in [1.165, 1.54) is 19.6 Å². The van der Waals surface area contributed by atoms with E-state index in [0.29, 0.717) is 36.5 Å². The van der Waals surface area contributed by atoms with Gasteiger partial charge in [-0.3, -0.25) is 33.5 Å². The number of carboxylic acid groups (broad SMARTS) is 4. The van der Waals surface area contributed by atoms with Gasteiger partial charge in [-0.25, -0.2) is 0 Å². The molecular weight excluding hydrogens is 588 g/mol. The summed E-state index contributed by atoms with van der Waals surface area (Å²) >= 11 is 0. The van der Waals surface area contributed by atoms with E-state index in [4.69, 9.17) is 10.8 Å². The third kappa shape index (κ3) is 10.1. The molecule has 0 radical (unpaired) electrons. The molecule has 2 heterocycles. The summed E-state index contributed by atoms with van der Waals surface area (Å²) in [6.07, 6.45) is 0. The minimum absolute atomic E-state index is 0.0577. The highest BCUT2D eigenvalue weighted by Gasteiger charge is 2.18. The summed E-state index contributed by atoms with van der Waals surface area (Å²) in [5.41, 5.74) is 9.98. The SMILES string of the molecule is C=c1[nH]/c(=c2\[nH]/c(=C(\N)CN(CCN(CCNCc3ccc(C(C)C)cc3)CC(=O)O)CC(=O)O)n2CC(=O)O)n1CC(=O)O. The van der Waals surface area contributed by atoms with Gasteiger partial charge in [-0.15, -0.1) is 0 Å². The standard InChI is InChI=1S/C29H42N8O8/c1-18(2)21-6-4-20(5-7-21)12-31-8-9-34(14-23(38)39)10-11-35(15-24(40)41)13-22(30)27-33-29(37(27)17-26(44)45)28-32-19(3)36(28)16-25(42)43/h4-7,18,31-33H,3,8-17,30H2,1-2H3,(H,38,39)(H,40,41)(H,42,43)(H,44,45)/b27-22+,29-28-. The van der Waals surface area contributed by atoms with Gasteiger partial charge in [0.2, 0.25) is 0 Å². The normalized spacial score (nSPS) is 13.2. The van der Waals surface area contributed by atoms with E-state index >= 15 is 0 Å². The van der Waals surface area contributed by atoms with E-state index in [2.05, 4.69) is 60.0 Å². The summed E-state index contributed by atoms with van der Waals surface area (Å²) in [6, 6.07) is 8.28. The zero-order chi connectivity index (χ0) is 33.3. The molecule has 9 N–H and O–H groups in total. The first kappa shape index (κ1) is 34.7. The average molecular weight is 631 g/mol. The van der Waals surface area contributed by atoms with Crippen LogP contribution in [0.5, 0.6) is 0 Å². The van der Waals surface area contributed by atoms with Crippen molar-refractivity contribution in [3.63, 3.8) is 0 Å². The smallest absolute Gasteiger partial charge is 0.323 e. The minimum Gasteiger partial charge on any atom is -0.480 e. The van der Waals surface area contributed by atoms with Gasteiger partial charge in [0.25, 0.3) is 0 Å². The molecule has 246 valence electrons. The Morgan fingerprint density at radius 3 is 1.93 bits per heavy atom. The maximum Gasteiger partial charge on any atom is 0.323 e. The second kappa shape index (κ2) is 15.8. The fourth-order valence-corrected chi connectivity index (χ4v) is 4.85. The third-order valence-electron chi connectivity index (χ3n) is 7.17. The van der Waals surface area contributed by atoms with Crippen molar-refractivity contribution in [2.75, 3.05) is 45.8 Å². The van der Waals surface area contributed by atoms with Gasteiger partial charge < -0.3 is 46.0 Å². The predicted octanol–water partition coefficient (Wildman–Crippen LogP) is -1.43. The van der Waals surface area contributed by atoms with Crippen molar-refractivity contribution < 1.29 is 39.6 Å². The Labute approximate surface area is 258 Å². The molecule has 0 aliphatic heterocycles. The number of aromatic amines is 2. The number of nitrogens with one attached hydrogen (secondary N) is 3. The quantitative estimate of drug-likeness (QED) is 0.0712. The van der Waals surface area contributed by atoms with Crippen molar-refractivity contribution in [2.24, 2.45) is 5.73 Å². The lowest BCUT2D eigenvalue weighted by molar-refractivity contribution is -0.140. The Bertz CT molecular complexity index is 1680. The number of aromatic nitrogens is 4. The molecular formula is C29H42N8O8. The lowest BCUT2D eigenvalue weighted by atomic mass is 10.0. The van der Waals surface area contributed by atoms with Gasteiger partial charge in [0, 0.05) is 39.3 Å². The van der Waals surface area contributed by atoms with Crippen molar-refractivity contribution in [3.8, 4) is 0 Å². The number of carbonyl (C=O) groups is 4. The van der Waals surface area contributed by atoms with E-state index in [-0.39, 0.29) is 55.9 Å². The van der Waals surface area contributed by atoms with Crippen molar-refractivity contribution >= 4 is 36.2 Å². The number of hydrogen-bond donors (Lipinski definition) is 8. The number of nitrogens with zero attached hydrogens (tertiary/aromatic N) is 4. The molecule has 16 heteroatoms. The molecule has 45 heavy (non-hydrogen) atoms. The van der Waals surface area contributed by atoms with Crippen molar-refractivity contribution in [3.05, 3.63) is 57.3 Å². The molecule has 3 rings (SSSR count). The van der Waals surface area contributed by atoms with Gasteiger partial charge in [-0.1, -0.05) is 44.7 Å². The van der Waals surface area contributed by atoms with Crippen LogP contribution in [0.15, 0.2) is 24.3 Å². The zero-order valence-corrected chi connectivity index (χ0v) is 25.5. The van der Waals surface area contributed by atoms with Gasteiger partial charge in [0.15, 0.2) is 11.0 Å². The summed E-state index contributed by atoms with van der Waals surface area (Å²) < 4.78 is 2.70. The van der Waals surface area contributed by atoms with Crippen LogP contribution in [-0.2, 0) is 38.8 Å². The summed E-state index contributed by atoms with van der Waals surface area (Å²) in [5, 5.41) is 40.9. The van der Waals surface area contributed by atoms with Crippen LogP contribution in [0.1, 0.15) is 30.9 Å². The Hall–Kier alpha value is -4.80. The maximum atomic E-state index is 11.6. The summed E-state index contributed by atoms with van der Waals surface area (Å²) in [5.74, 6) is -3.97. The van der Waals surface area contributed by atoms with Crippen molar-refractivity contribution in [2.45, 2.75) is 39.4 Å². The van der Waals surface area contributed by atoms with E-state index in [0.717, 1.165) is 5.56 Å². The summed E-state index contributed by atoms with van der Waals surface area (Å²) in [4.78, 5) is 55.0. The molecule has 3 aromatic rings. The van der Waals surface area contributed by atoms with E-state index in [1.807, 2.05) is 0 Å². The predicted molar refractivity (Wildman–Crippen MR) is 163 cm³/mol. The number of rotatable bonds is 19. The van der Waals surface area contributed by atoms with E-state index < -0.39 is 30.4 Å². The fraction of sp³-hybridized carbons (Fsp3) is 0.448. The van der Waals surface area contributed by atoms with Crippen LogP contribution in [0, 0.1) is 11.0 Å².